The van der Waals surface area contributed by atoms with E-state index in [-0.39, 0.29) is 6.61 Å². The number of aryl methyl sites for hydroxylation is 1. The first-order chi connectivity index (χ1) is 11.3. The molecule has 2 heterocycles. The molecule has 1 atom stereocenters. The lowest BCUT2D eigenvalue weighted by Crippen LogP contribution is -2.50. The molecule has 2 rings (SSSR count). The molecule has 0 aliphatic rings. The summed E-state index contributed by atoms with van der Waals surface area (Å²) < 4.78 is 5.86. The van der Waals surface area contributed by atoms with E-state index < -0.39 is 11.6 Å². The Bertz CT molecular complexity index is 688. The lowest BCUT2D eigenvalue weighted by Gasteiger charge is -2.30. The minimum Gasteiger partial charge on any atom is -0.474 e. The average Bonchev–Trinajstić information content (AvgIpc) is 2.86. The van der Waals surface area contributed by atoms with Crippen LogP contribution >= 0.6 is 11.3 Å². The summed E-state index contributed by atoms with van der Waals surface area (Å²) in [5.74, 6) is 0.892. The average molecular weight is 349 g/mol. The summed E-state index contributed by atoms with van der Waals surface area (Å²) in [6.45, 7) is 8.14. The highest BCUT2D eigenvalue weighted by atomic mass is 32.1. The van der Waals surface area contributed by atoms with Crippen molar-refractivity contribution in [1.29, 1.82) is 0 Å². The van der Waals surface area contributed by atoms with Gasteiger partial charge in [0.25, 0.3) is 0 Å². The van der Waals surface area contributed by atoms with Crippen molar-refractivity contribution in [3.63, 3.8) is 0 Å². The molecule has 1 amide bonds. The third kappa shape index (κ3) is 4.92. The lowest BCUT2D eigenvalue weighted by molar-refractivity contribution is 0.141. The van der Waals surface area contributed by atoms with Gasteiger partial charge in [0.2, 0.25) is 5.88 Å². The zero-order valence-corrected chi connectivity index (χ0v) is 15.2. The molecular weight excluding hydrogens is 326 g/mol. The number of pyridine rings is 1. The summed E-state index contributed by atoms with van der Waals surface area (Å²) in [5, 5.41) is 12.5. The summed E-state index contributed by atoms with van der Waals surface area (Å²) in [6.07, 6.45) is 3.08. The third-order valence-electron chi connectivity index (χ3n) is 3.48. The molecule has 0 saturated heterocycles. The predicted molar refractivity (Wildman–Crippen MR) is 94.6 cm³/mol. The van der Waals surface area contributed by atoms with E-state index in [2.05, 4.69) is 29.1 Å². The van der Waals surface area contributed by atoms with E-state index in [1.807, 2.05) is 26.0 Å². The van der Waals surface area contributed by atoms with Crippen LogP contribution in [0.2, 0.25) is 0 Å². The van der Waals surface area contributed by atoms with Gasteiger partial charge in [0.05, 0.1) is 10.4 Å². The van der Waals surface area contributed by atoms with Crippen molar-refractivity contribution in [2.75, 3.05) is 6.61 Å². The fourth-order valence-corrected chi connectivity index (χ4v) is 3.53. The molecule has 2 N–H and O–H groups in total. The Balaban J connectivity index is 2.12. The first kappa shape index (κ1) is 18.2. The van der Waals surface area contributed by atoms with Crippen LogP contribution in [0.4, 0.5) is 4.79 Å². The molecule has 0 bridgehead atoms. The van der Waals surface area contributed by atoms with Crippen molar-refractivity contribution < 1.29 is 14.6 Å². The van der Waals surface area contributed by atoms with Crippen LogP contribution in [0, 0.1) is 12.8 Å². The van der Waals surface area contributed by atoms with Gasteiger partial charge in [-0.3, -0.25) is 4.98 Å². The third-order valence-corrected chi connectivity index (χ3v) is 4.48. The van der Waals surface area contributed by atoms with Crippen molar-refractivity contribution in [3.05, 3.63) is 29.4 Å². The molecule has 1 unspecified atom stereocenters. The largest absolute Gasteiger partial charge is 0.474 e. The lowest BCUT2D eigenvalue weighted by atomic mass is 9.91. The smallest absolute Gasteiger partial charge is 0.405 e. The number of carbonyl (C=O) groups is 1. The van der Waals surface area contributed by atoms with Crippen molar-refractivity contribution >= 4 is 17.4 Å². The Morgan fingerprint density at radius 3 is 2.67 bits per heavy atom. The fourth-order valence-electron chi connectivity index (χ4n) is 2.67. The molecule has 2 aromatic rings. The number of thiazole rings is 1. The van der Waals surface area contributed by atoms with Crippen molar-refractivity contribution in [3.8, 4) is 16.5 Å². The van der Waals surface area contributed by atoms with Gasteiger partial charge in [-0.1, -0.05) is 13.8 Å². The van der Waals surface area contributed by atoms with E-state index in [4.69, 9.17) is 9.84 Å². The van der Waals surface area contributed by atoms with Crippen LogP contribution in [0.15, 0.2) is 24.5 Å². The van der Waals surface area contributed by atoms with Crippen molar-refractivity contribution in [2.45, 2.75) is 39.7 Å². The number of nitrogens with one attached hydrogen (secondary N) is 1. The van der Waals surface area contributed by atoms with E-state index >= 15 is 0 Å². The minimum absolute atomic E-state index is 0.234. The van der Waals surface area contributed by atoms with E-state index in [9.17, 15) is 4.79 Å². The molecule has 0 fully saturated rings. The number of rotatable bonds is 7. The maximum atomic E-state index is 11.1. The molecule has 7 heteroatoms. The van der Waals surface area contributed by atoms with Crippen LogP contribution in [0.25, 0.3) is 10.6 Å². The van der Waals surface area contributed by atoms with Gasteiger partial charge in [0.15, 0.2) is 0 Å². The van der Waals surface area contributed by atoms with Gasteiger partial charge >= 0.3 is 6.09 Å². The van der Waals surface area contributed by atoms with Crippen LogP contribution in [0.3, 0.4) is 0 Å². The maximum Gasteiger partial charge on any atom is 0.405 e. The summed E-state index contributed by atoms with van der Waals surface area (Å²) >= 11 is 1.55. The van der Waals surface area contributed by atoms with Gasteiger partial charge in [-0.2, -0.15) is 0 Å². The second-order valence-corrected chi connectivity index (χ2v) is 7.70. The van der Waals surface area contributed by atoms with Crippen LogP contribution < -0.4 is 10.1 Å². The summed E-state index contributed by atoms with van der Waals surface area (Å²) in [6, 6.07) is 3.80. The Labute approximate surface area is 145 Å². The number of carboxylic acid groups (broad SMARTS) is 1. The van der Waals surface area contributed by atoms with E-state index in [1.165, 1.54) is 0 Å². The number of hydrogen-bond acceptors (Lipinski definition) is 5. The summed E-state index contributed by atoms with van der Waals surface area (Å²) in [7, 11) is 0. The van der Waals surface area contributed by atoms with Gasteiger partial charge in [-0.25, -0.2) is 9.78 Å². The van der Waals surface area contributed by atoms with Crippen molar-refractivity contribution in [2.24, 2.45) is 5.92 Å². The molecule has 6 nitrogen and oxygen atoms in total. The van der Waals surface area contributed by atoms with E-state index in [0.29, 0.717) is 18.2 Å². The van der Waals surface area contributed by atoms with Crippen molar-refractivity contribution in [1.82, 2.24) is 15.3 Å². The highest BCUT2D eigenvalue weighted by Crippen LogP contribution is 2.32. The Morgan fingerprint density at radius 2 is 2.08 bits per heavy atom. The molecule has 24 heavy (non-hydrogen) atoms. The molecule has 0 saturated carbocycles. The monoisotopic (exact) mass is 349 g/mol. The van der Waals surface area contributed by atoms with Gasteiger partial charge in [-0.05, 0) is 38.3 Å². The highest BCUT2D eigenvalue weighted by molar-refractivity contribution is 7.15. The Hall–Kier alpha value is -2.15. The highest BCUT2D eigenvalue weighted by Gasteiger charge is 2.29. The van der Waals surface area contributed by atoms with E-state index in [1.54, 1.807) is 23.7 Å². The first-order valence-corrected chi connectivity index (χ1v) is 8.62. The van der Waals surface area contributed by atoms with Crippen LogP contribution in [0.5, 0.6) is 5.88 Å². The molecule has 0 aliphatic heterocycles. The molecule has 0 aromatic carbocycles. The van der Waals surface area contributed by atoms with Gasteiger partial charge in [0, 0.05) is 18.0 Å². The van der Waals surface area contributed by atoms with Crippen LogP contribution in [-0.4, -0.2) is 33.3 Å². The summed E-state index contributed by atoms with van der Waals surface area (Å²) in [5.41, 5.74) is 0.328. The summed E-state index contributed by atoms with van der Waals surface area (Å²) in [4.78, 5) is 20.6. The normalized spacial score (nSPS) is 13.5. The Morgan fingerprint density at radius 1 is 1.42 bits per heavy atom. The number of aromatic nitrogens is 2. The molecular formula is C17H23N3O3S. The number of amides is 1. The predicted octanol–water partition coefficient (Wildman–Crippen LogP) is 3.96. The molecule has 0 spiro atoms. The van der Waals surface area contributed by atoms with Crippen LogP contribution in [-0.2, 0) is 0 Å². The molecule has 2 aromatic heterocycles. The quantitative estimate of drug-likeness (QED) is 0.790. The number of hydrogen-bond donors (Lipinski definition) is 2. The first-order valence-electron chi connectivity index (χ1n) is 7.81. The van der Waals surface area contributed by atoms with Gasteiger partial charge < -0.3 is 15.2 Å². The standard InChI is InChI=1S/C17H23N3O3S/c1-11(2)9-17(4,20-16(21)22)10-23-14-12(3)24-15(19-14)13-5-7-18-8-6-13/h5-8,11,20H,9-10H2,1-4H3,(H,21,22). The second-order valence-electron chi connectivity index (χ2n) is 6.49. The topological polar surface area (TPSA) is 84.3 Å². The van der Waals surface area contributed by atoms with Gasteiger partial charge in [-0.15, -0.1) is 11.3 Å². The SMILES string of the molecule is Cc1sc(-c2ccncc2)nc1OCC(C)(CC(C)C)NC(=O)O. The molecule has 0 aliphatic carbocycles. The number of nitrogens with zero attached hydrogens (tertiary/aromatic N) is 2. The second kappa shape index (κ2) is 7.61. The minimum atomic E-state index is -1.05. The van der Waals surface area contributed by atoms with Crippen LogP contribution in [0.1, 0.15) is 32.1 Å². The number of ether oxygens (including phenoxy) is 1. The maximum absolute atomic E-state index is 11.1. The zero-order valence-electron chi connectivity index (χ0n) is 14.4. The fraction of sp³-hybridized carbons (Fsp3) is 0.471. The Kier molecular flexibility index (Phi) is 5.77. The molecule has 0 radical (unpaired) electrons. The van der Waals surface area contributed by atoms with Gasteiger partial charge in [0.1, 0.15) is 11.6 Å². The van der Waals surface area contributed by atoms with E-state index in [0.717, 1.165) is 15.4 Å². The molecule has 130 valence electrons. The zero-order chi connectivity index (χ0) is 17.7.